The zero-order chi connectivity index (χ0) is 13.5. The van der Waals surface area contributed by atoms with E-state index in [0.717, 1.165) is 18.4 Å². The van der Waals surface area contributed by atoms with E-state index in [0.29, 0.717) is 10.7 Å². The molecule has 0 saturated heterocycles. The fourth-order valence-corrected chi connectivity index (χ4v) is 2.40. The van der Waals surface area contributed by atoms with Gasteiger partial charge in [0, 0.05) is 18.3 Å². The first kappa shape index (κ1) is 12.2. The van der Waals surface area contributed by atoms with Gasteiger partial charge in [-0.15, -0.1) is 0 Å². The lowest BCUT2D eigenvalue weighted by Gasteiger charge is -2.17. The van der Waals surface area contributed by atoms with E-state index in [1.807, 2.05) is 31.3 Å². The first-order valence-corrected chi connectivity index (χ1v) is 6.53. The van der Waals surface area contributed by atoms with E-state index in [1.165, 1.54) is 0 Å². The van der Waals surface area contributed by atoms with Gasteiger partial charge in [-0.1, -0.05) is 23.7 Å². The van der Waals surface area contributed by atoms with Gasteiger partial charge in [-0.3, -0.25) is 4.79 Å². The van der Waals surface area contributed by atoms with Crippen LogP contribution in [0.3, 0.4) is 0 Å². The van der Waals surface area contributed by atoms with Gasteiger partial charge in [0.1, 0.15) is 5.69 Å². The minimum atomic E-state index is -0.264. The highest BCUT2D eigenvalue weighted by Crippen LogP contribution is 2.46. The number of imidazole rings is 1. The number of rotatable bonds is 3. The van der Waals surface area contributed by atoms with Gasteiger partial charge in [-0.05, 0) is 30.5 Å². The third-order valence-corrected chi connectivity index (χ3v) is 3.65. The Morgan fingerprint density at radius 3 is 2.84 bits per heavy atom. The number of nitrogens with one attached hydrogen (secondary N) is 1. The number of carbonyl (C=O) groups is 1. The van der Waals surface area contributed by atoms with Gasteiger partial charge in [0.15, 0.2) is 0 Å². The van der Waals surface area contributed by atoms with Gasteiger partial charge >= 0.3 is 0 Å². The van der Waals surface area contributed by atoms with Crippen LogP contribution in [0, 0.1) is 0 Å². The summed E-state index contributed by atoms with van der Waals surface area (Å²) >= 11 is 6.01. The number of aromatic nitrogens is 2. The van der Waals surface area contributed by atoms with Crippen molar-refractivity contribution < 1.29 is 4.79 Å². The van der Waals surface area contributed by atoms with Gasteiger partial charge in [-0.2, -0.15) is 0 Å². The van der Waals surface area contributed by atoms with Crippen LogP contribution >= 0.6 is 11.6 Å². The highest BCUT2D eigenvalue weighted by Gasteiger charge is 2.46. The molecule has 0 aliphatic heterocycles. The van der Waals surface area contributed by atoms with Crippen molar-refractivity contribution in [2.75, 3.05) is 0 Å². The minimum Gasteiger partial charge on any atom is -0.341 e. The third kappa shape index (κ3) is 2.36. The number of aryl methyl sites for hydroxylation is 1. The molecule has 2 aromatic rings. The Hall–Kier alpha value is -1.81. The largest absolute Gasteiger partial charge is 0.341 e. The van der Waals surface area contributed by atoms with E-state index in [4.69, 9.17) is 11.6 Å². The average Bonchev–Trinajstić information content (AvgIpc) is 3.03. The van der Waals surface area contributed by atoms with Crippen LogP contribution in [-0.4, -0.2) is 15.5 Å². The van der Waals surface area contributed by atoms with Crippen LogP contribution in [-0.2, 0) is 12.6 Å². The van der Waals surface area contributed by atoms with Crippen LogP contribution in [0.4, 0.5) is 0 Å². The Morgan fingerprint density at radius 1 is 1.47 bits per heavy atom. The monoisotopic (exact) mass is 275 g/mol. The lowest BCUT2D eigenvalue weighted by Crippen LogP contribution is -2.35. The molecule has 1 amide bonds. The molecule has 4 nitrogen and oxygen atoms in total. The van der Waals surface area contributed by atoms with Gasteiger partial charge in [0.25, 0.3) is 5.91 Å². The van der Waals surface area contributed by atoms with E-state index < -0.39 is 0 Å². The zero-order valence-corrected chi connectivity index (χ0v) is 11.3. The Bertz CT molecular complexity index is 631. The fraction of sp³-hybridized carbons (Fsp3) is 0.286. The van der Waals surface area contributed by atoms with E-state index in [-0.39, 0.29) is 11.4 Å². The average molecular weight is 276 g/mol. The molecular formula is C14H14ClN3O. The number of carbonyl (C=O) groups excluding carboxylic acids is 1. The SMILES string of the molecule is Cn1cnc(C(=O)NC2(c3cccc(Cl)c3)CC2)c1. The molecule has 3 rings (SSSR count). The number of halogens is 1. The van der Waals surface area contributed by atoms with Crippen molar-refractivity contribution in [2.45, 2.75) is 18.4 Å². The second-order valence-electron chi connectivity index (χ2n) is 4.97. The fourth-order valence-electron chi connectivity index (χ4n) is 2.21. The van der Waals surface area contributed by atoms with Crippen LogP contribution in [0.5, 0.6) is 0 Å². The first-order chi connectivity index (χ1) is 9.09. The first-order valence-electron chi connectivity index (χ1n) is 6.16. The summed E-state index contributed by atoms with van der Waals surface area (Å²) in [5.74, 6) is -0.141. The number of amides is 1. The highest BCUT2D eigenvalue weighted by atomic mass is 35.5. The van der Waals surface area contributed by atoms with E-state index in [2.05, 4.69) is 10.3 Å². The Balaban J connectivity index is 1.81. The quantitative estimate of drug-likeness (QED) is 0.935. The van der Waals surface area contributed by atoms with E-state index in [1.54, 1.807) is 17.1 Å². The molecule has 5 heteroatoms. The van der Waals surface area contributed by atoms with E-state index >= 15 is 0 Å². The molecule has 0 bridgehead atoms. The molecule has 1 aliphatic carbocycles. The maximum absolute atomic E-state index is 12.2. The number of hydrogen-bond donors (Lipinski definition) is 1. The zero-order valence-electron chi connectivity index (χ0n) is 10.6. The second kappa shape index (κ2) is 4.38. The van der Waals surface area contributed by atoms with Crippen LogP contribution in [0.2, 0.25) is 5.02 Å². The molecule has 1 aromatic heterocycles. The van der Waals surface area contributed by atoms with Crippen molar-refractivity contribution in [3.63, 3.8) is 0 Å². The summed E-state index contributed by atoms with van der Waals surface area (Å²) in [5, 5.41) is 3.76. The van der Waals surface area contributed by atoms with E-state index in [9.17, 15) is 4.79 Å². The minimum absolute atomic E-state index is 0.141. The smallest absolute Gasteiger partial charge is 0.272 e. The normalized spacial score (nSPS) is 16.1. The van der Waals surface area contributed by atoms with Crippen molar-refractivity contribution in [3.05, 3.63) is 53.1 Å². The van der Waals surface area contributed by atoms with Gasteiger partial charge in [0.2, 0.25) is 0 Å². The molecule has 1 heterocycles. The molecule has 1 saturated carbocycles. The molecule has 98 valence electrons. The Morgan fingerprint density at radius 2 is 2.26 bits per heavy atom. The van der Waals surface area contributed by atoms with Crippen molar-refractivity contribution in [1.29, 1.82) is 0 Å². The van der Waals surface area contributed by atoms with Crippen LogP contribution in [0.15, 0.2) is 36.8 Å². The standard InChI is InChI=1S/C14H14ClN3O/c1-18-8-12(16-9-18)13(19)17-14(5-6-14)10-3-2-4-11(15)7-10/h2-4,7-9H,5-6H2,1H3,(H,17,19). The number of hydrogen-bond acceptors (Lipinski definition) is 2. The summed E-state index contributed by atoms with van der Waals surface area (Å²) in [6, 6.07) is 7.65. The topological polar surface area (TPSA) is 46.9 Å². The number of benzene rings is 1. The summed E-state index contributed by atoms with van der Waals surface area (Å²) in [6.45, 7) is 0. The molecule has 1 aliphatic rings. The van der Waals surface area contributed by atoms with Gasteiger partial charge in [-0.25, -0.2) is 4.98 Å². The molecule has 1 aromatic carbocycles. The summed E-state index contributed by atoms with van der Waals surface area (Å²) in [7, 11) is 1.84. The summed E-state index contributed by atoms with van der Waals surface area (Å²) in [4.78, 5) is 16.2. The third-order valence-electron chi connectivity index (χ3n) is 3.42. The van der Waals surface area contributed by atoms with Crippen LogP contribution in [0.1, 0.15) is 28.9 Å². The molecular weight excluding hydrogens is 262 g/mol. The highest BCUT2D eigenvalue weighted by molar-refractivity contribution is 6.30. The van der Waals surface area contributed by atoms with Crippen molar-refractivity contribution in [2.24, 2.45) is 7.05 Å². The summed E-state index contributed by atoms with van der Waals surface area (Å²) in [6.07, 6.45) is 5.20. The predicted molar refractivity (Wildman–Crippen MR) is 73.0 cm³/mol. The molecule has 0 radical (unpaired) electrons. The Labute approximate surface area is 116 Å². The van der Waals surface area contributed by atoms with Gasteiger partial charge in [0.05, 0.1) is 11.9 Å². The molecule has 0 spiro atoms. The second-order valence-corrected chi connectivity index (χ2v) is 5.41. The van der Waals surface area contributed by atoms with Gasteiger partial charge < -0.3 is 9.88 Å². The summed E-state index contributed by atoms with van der Waals surface area (Å²) in [5.41, 5.74) is 1.24. The predicted octanol–water partition coefficient (Wildman–Crippen LogP) is 2.49. The maximum Gasteiger partial charge on any atom is 0.272 e. The molecule has 0 unspecified atom stereocenters. The summed E-state index contributed by atoms with van der Waals surface area (Å²) < 4.78 is 1.76. The van der Waals surface area contributed by atoms with Crippen LogP contribution in [0.25, 0.3) is 0 Å². The van der Waals surface area contributed by atoms with Crippen LogP contribution < -0.4 is 5.32 Å². The molecule has 0 atom stereocenters. The molecule has 19 heavy (non-hydrogen) atoms. The lowest BCUT2D eigenvalue weighted by molar-refractivity contribution is 0.0926. The molecule has 1 N–H and O–H groups in total. The maximum atomic E-state index is 12.2. The van der Waals surface area contributed by atoms with Crippen molar-refractivity contribution in [3.8, 4) is 0 Å². The number of nitrogens with zero attached hydrogens (tertiary/aromatic N) is 2. The van der Waals surface area contributed by atoms with Crippen molar-refractivity contribution in [1.82, 2.24) is 14.9 Å². The molecule has 1 fully saturated rings. The Kier molecular flexibility index (Phi) is 2.82. The van der Waals surface area contributed by atoms with Crippen molar-refractivity contribution >= 4 is 17.5 Å². The lowest BCUT2D eigenvalue weighted by atomic mass is 10.0.